The molecule has 0 bridgehead atoms. The van der Waals surface area contributed by atoms with Crippen LogP contribution in [0.25, 0.3) is 0 Å². The Bertz CT molecular complexity index is 183. The van der Waals surface area contributed by atoms with Crippen LogP contribution in [-0.4, -0.2) is 30.5 Å². The van der Waals surface area contributed by atoms with Gasteiger partial charge >= 0.3 is 6.18 Å². The van der Waals surface area contributed by atoms with Gasteiger partial charge in [-0.25, -0.2) is 0 Å². The summed E-state index contributed by atoms with van der Waals surface area (Å²) in [7, 11) is 1.70. The summed E-state index contributed by atoms with van der Waals surface area (Å²) in [6.45, 7) is 0.540. The zero-order chi connectivity index (χ0) is 10.1. The summed E-state index contributed by atoms with van der Waals surface area (Å²) in [6, 6.07) is 0. The van der Waals surface area contributed by atoms with E-state index >= 15 is 0 Å². The van der Waals surface area contributed by atoms with Crippen molar-refractivity contribution in [2.45, 2.75) is 31.0 Å². The number of hydrogen-bond donors (Lipinski definition) is 2. The molecule has 1 aliphatic rings. The summed E-state index contributed by atoms with van der Waals surface area (Å²) in [5.74, 6) is -0.0587. The van der Waals surface area contributed by atoms with Crippen molar-refractivity contribution in [2.24, 2.45) is 5.92 Å². The van der Waals surface area contributed by atoms with Gasteiger partial charge in [-0.05, 0) is 38.8 Å². The number of rotatable bonds is 2. The minimum atomic E-state index is -4.48. The van der Waals surface area contributed by atoms with Gasteiger partial charge in [-0.1, -0.05) is 0 Å². The van der Waals surface area contributed by atoms with Gasteiger partial charge in [0.25, 0.3) is 0 Å². The van der Waals surface area contributed by atoms with Crippen molar-refractivity contribution in [1.29, 1.82) is 0 Å². The van der Waals surface area contributed by atoms with Gasteiger partial charge in [0.15, 0.2) is 5.60 Å². The number of aliphatic hydroxyl groups is 1. The first-order valence-corrected chi connectivity index (χ1v) is 4.33. The Labute approximate surface area is 75.1 Å². The molecule has 0 aromatic rings. The third-order valence-corrected chi connectivity index (χ3v) is 2.61. The highest BCUT2D eigenvalue weighted by Crippen LogP contribution is 2.44. The van der Waals surface area contributed by atoms with Crippen LogP contribution in [0.1, 0.15) is 19.3 Å². The van der Waals surface area contributed by atoms with Crippen LogP contribution in [0.5, 0.6) is 0 Å². The average molecular weight is 197 g/mol. The highest BCUT2D eigenvalue weighted by atomic mass is 19.4. The highest BCUT2D eigenvalue weighted by molar-refractivity contribution is 4.95. The third kappa shape index (κ3) is 2.14. The normalized spacial score (nSPS) is 35.3. The topological polar surface area (TPSA) is 32.3 Å². The molecule has 78 valence electrons. The SMILES string of the molecule is CNCC1CCC(O)(C(F)(F)F)C1. The Balaban J connectivity index is 2.56. The van der Waals surface area contributed by atoms with Crippen molar-refractivity contribution in [2.75, 3.05) is 13.6 Å². The second kappa shape index (κ2) is 3.46. The minimum Gasteiger partial charge on any atom is -0.380 e. The maximum atomic E-state index is 12.3. The fourth-order valence-electron chi connectivity index (χ4n) is 1.84. The number of alkyl halides is 3. The fourth-order valence-corrected chi connectivity index (χ4v) is 1.84. The van der Waals surface area contributed by atoms with Crippen molar-refractivity contribution in [3.8, 4) is 0 Å². The summed E-state index contributed by atoms with van der Waals surface area (Å²) >= 11 is 0. The molecule has 0 radical (unpaired) electrons. The molecule has 1 saturated carbocycles. The predicted octanol–water partition coefficient (Wildman–Crippen LogP) is 1.30. The van der Waals surface area contributed by atoms with E-state index in [0.29, 0.717) is 13.0 Å². The van der Waals surface area contributed by atoms with E-state index in [2.05, 4.69) is 5.32 Å². The van der Waals surface area contributed by atoms with Crippen molar-refractivity contribution in [3.05, 3.63) is 0 Å². The van der Waals surface area contributed by atoms with Crippen LogP contribution in [0.4, 0.5) is 13.2 Å². The van der Waals surface area contributed by atoms with E-state index in [4.69, 9.17) is 0 Å². The zero-order valence-corrected chi connectivity index (χ0v) is 7.49. The van der Waals surface area contributed by atoms with E-state index in [-0.39, 0.29) is 18.8 Å². The Hall–Kier alpha value is -0.290. The molecule has 2 N–H and O–H groups in total. The molecule has 1 fully saturated rings. The van der Waals surface area contributed by atoms with E-state index in [1.165, 1.54) is 0 Å². The molecule has 2 nitrogen and oxygen atoms in total. The molecule has 0 aliphatic heterocycles. The lowest BCUT2D eigenvalue weighted by Gasteiger charge is -2.25. The molecule has 5 heteroatoms. The molecule has 13 heavy (non-hydrogen) atoms. The lowest BCUT2D eigenvalue weighted by molar-refractivity contribution is -0.258. The second-order valence-corrected chi connectivity index (χ2v) is 3.70. The van der Waals surface area contributed by atoms with Crippen molar-refractivity contribution >= 4 is 0 Å². The van der Waals surface area contributed by atoms with Crippen LogP contribution < -0.4 is 5.32 Å². The first-order chi connectivity index (χ1) is 5.89. The first kappa shape index (κ1) is 10.8. The molecule has 2 atom stereocenters. The van der Waals surface area contributed by atoms with Crippen LogP contribution >= 0.6 is 0 Å². The second-order valence-electron chi connectivity index (χ2n) is 3.70. The first-order valence-electron chi connectivity index (χ1n) is 4.33. The van der Waals surface area contributed by atoms with E-state index in [9.17, 15) is 18.3 Å². The molecule has 0 heterocycles. The van der Waals surface area contributed by atoms with Gasteiger partial charge in [-0.3, -0.25) is 0 Å². The van der Waals surface area contributed by atoms with Crippen molar-refractivity contribution in [1.82, 2.24) is 5.32 Å². The van der Waals surface area contributed by atoms with Crippen LogP contribution in [0.2, 0.25) is 0 Å². The van der Waals surface area contributed by atoms with E-state index < -0.39 is 11.8 Å². The standard InChI is InChI=1S/C8H14F3NO/c1-12-5-6-2-3-7(13,4-6)8(9,10)11/h6,12-13H,2-5H2,1H3. The van der Waals surface area contributed by atoms with Gasteiger partial charge in [-0.15, -0.1) is 0 Å². The molecule has 0 amide bonds. The number of nitrogens with one attached hydrogen (secondary N) is 1. The van der Waals surface area contributed by atoms with Crippen LogP contribution in [-0.2, 0) is 0 Å². The Morgan fingerprint density at radius 3 is 2.54 bits per heavy atom. The van der Waals surface area contributed by atoms with E-state index in [0.717, 1.165) is 0 Å². The monoisotopic (exact) mass is 197 g/mol. The molecule has 1 aliphatic carbocycles. The molecule has 0 aromatic carbocycles. The van der Waals surface area contributed by atoms with Crippen molar-refractivity contribution < 1.29 is 18.3 Å². The molecular formula is C8H14F3NO. The maximum absolute atomic E-state index is 12.3. The summed E-state index contributed by atoms with van der Waals surface area (Å²) < 4.78 is 36.9. The molecule has 2 unspecified atom stereocenters. The van der Waals surface area contributed by atoms with Gasteiger partial charge in [0.05, 0.1) is 0 Å². The molecular weight excluding hydrogens is 183 g/mol. The summed E-state index contributed by atoms with van der Waals surface area (Å²) in [6.07, 6.45) is -4.37. The van der Waals surface area contributed by atoms with Crippen LogP contribution in [0, 0.1) is 5.92 Å². The molecule has 0 saturated heterocycles. The fraction of sp³-hybridized carbons (Fsp3) is 1.00. The van der Waals surface area contributed by atoms with Gasteiger partial charge < -0.3 is 10.4 Å². The Morgan fingerprint density at radius 1 is 1.54 bits per heavy atom. The zero-order valence-electron chi connectivity index (χ0n) is 7.49. The number of hydrogen-bond acceptors (Lipinski definition) is 2. The van der Waals surface area contributed by atoms with E-state index in [1.807, 2.05) is 0 Å². The van der Waals surface area contributed by atoms with Crippen molar-refractivity contribution in [3.63, 3.8) is 0 Å². The van der Waals surface area contributed by atoms with Gasteiger partial charge in [0.1, 0.15) is 0 Å². The largest absolute Gasteiger partial charge is 0.417 e. The van der Waals surface area contributed by atoms with Gasteiger partial charge in [0, 0.05) is 0 Å². The molecule has 0 aromatic heterocycles. The quantitative estimate of drug-likeness (QED) is 0.699. The molecule has 0 spiro atoms. The average Bonchev–Trinajstić information content (AvgIpc) is 2.32. The van der Waals surface area contributed by atoms with Crippen LogP contribution in [0.3, 0.4) is 0 Å². The Kier molecular flexibility index (Phi) is 2.87. The van der Waals surface area contributed by atoms with Gasteiger partial charge in [0.2, 0.25) is 0 Å². The molecule has 1 rings (SSSR count). The maximum Gasteiger partial charge on any atom is 0.417 e. The summed E-state index contributed by atoms with van der Waals surface area (Å²) in [5.41, 5.74) is -2.44. The summed E-state index contributed by atoms with van der Waals surface area (Å²) in [5, 5.41) is 12.1. The van der Waals surface area contributed by atoms with Gasteiger partial charge in [-0.2, -0.15) is 13.2 Å². The summed E-state index contributed by atoms with van der Waals surface area (Å²) in [4.78, 5) is 0. The third-order valence-electron chi connectivity index (χ3n) is 2.61. The minimum absolute atomic E-state index is 0.0587. The smallest absolute Gasteiger partial charge is 0.380 e. The predicted molar refractivity (Wildman–Crippen MR) is 42.3 cm³/mol. The lowest BCUT2D eigenvalue weighted by atomic mass is 10.00. The number of halogens is 3. The Morgan fingerprint density at radius 2 is 2.15 bits per heavy atom. The van der Waals surface area contributed by atoms with Crippen LogP contribution in [0.15, 0.2) is 0 Å². The van der Waals surface area contributed by atoms with E-state index in [1.54, 1.807) is 7.05 Å². The lowest BCUT2D eigenvalue weighted by Crippen LogP contribution is -2.43. The highest BCUT2D eigenvalue weighted by Gasteiger charge is 2.56.